The third kappa shape index (κ3) is 4.28. The highest BCUT2D eigenvalue weighted by Gasteiger charge is 1.96. The Kier molecular flexibility index (Phi) is 3.88. The van der Waals surface area contributed by atoms with Crippen molar-refractivity contribution in [1.82, 2.24) is 0 Å². The lowest BCUT2D eigenvalue weighted by Gasteiger charge is -2.01. The summed E-state index contributed by atoms with van der Waals surface area (Å²) in [5.41, 5.74) is 0.535. The summed E-state index contributed by atoms with van der Waals surface area (Å²) in [4.78, 5) is 21.1. The highest BCUT2D eigenvalue weighted by Crippen LogP contribution is 2.13. The average molecular weight is 225 g/mol. The molecule has 0 heterocycles. The van der Waals surface area contributed by atoms with E-state index in [0.717, 1.165) is 6.08 Å². The summed E-state index contributed by atoms with van der Waals surface area (Å²) < 4.78 is 0. The predicted molar refractivity (Wildman–Crippen MR) is 54.2 cm³/mol. The summed E-state index contributed by atoms with van der Waals surface area (Å²) in [6.07, 6.45) is 1.54. The predicted octanol–water partition coefficient (Wildman–Crippen LogP) is 0.585. The summed E-state index contributed by atoms with van der Waals surface area (Å²) in [7, 11) is 0. The first-order valence-corrected chi connectivity index (χ1v) is 4.41. The van der Waals surface area contributed by atoms with Crippen molar-refractivity contribution in [1.29, 1.82) is 0 Å². The summed E-state index contributed by atoms with van der Waals surface area (Å²) in [6.45, 7) is 0. The maximum absolute atomic E-state index is 11.1. The molecule has 0 fully saturated rings. The molecule has 0 atom stereocenters. The summed E-state index contributed by atoms with van der Waals surface area (Å²) in [5.74, 6) is -1.96. The molecule has 0 aliphatic carbocycles. The lowest BCUT2D eigenvalue weighted by atomic mass is 10.3. The van der Waals surface area contributed by atoms with Crippen molar-refractivity contribution in [3.8, 4) is 0 Å². The van der Waals surface area contributed by atoms with Gasteiger partial charge in [0.15, 0.2) is 0 Å². The van der Waals surface area contributed by atoms with Crippen LogP contribution in [-0.4, -0.2) is 11.9 Å². The lowest BCUT2D eigenvalue weighted by Crippen LogP contribution is -2.20. The smallest absolute Gasteiger partial charge is 0.248 e. The zero-order valence-corrected chi connectivity index (χ0v) is 8.32. The van der Waals surface area contributed by atoms with E-state index >= 15 is 0 Å². The molecule has 0 spiro atoms. The van der Waals surface area contributed by atoms with E-state index in [-0.39, 0.29) is 0 Å². The Labute approximate surface area is 91.2 Å². The second-order valence-electron chi connectivity index (χ2n) is 2.65. The van der Waals surface area contributed by atoms with Crippen LogP contribution in [0.2, 0.25) is 5.02 Å². The van der Waals surface area contributed by atoms with E-state index in [9.17, 15) is 14.7 Å². The van der Waals surface area contributed by atoms with Gasteiger partial charge in [-0.2, -0.15) is 0 Å². The number of carboxylic acids is 1. The Morgan fingerprint density at radius 3 is 2.33 bits per heavy atom. The summed E-state index contributed by atoms with van der Waals surface area (Å²) in [6, 6.07) is 6.43. The number of hydrogen-bond donors (Lipinski definition) is 1. The van der Waals surface area contributed by atoms with Crippen LogP contribution in [0.1, 0.15) is 0 Å². The molecule has 5 heteroatoms. The Morgan fingerprint density at radius 2 is 1.80 bits per heavy atom. The van der Waals surface area contributed by atoms with Crippen LogP contribution in [0.5, 0.6) is 0 Å². The van der Waals surface area contributed by atoms with Gasteiger partial charge in [-0.3, -0.25) is 4.79 Å². The molecule has 0 aliphatic heterocycles. The molecule has 1 amide bonds. The fraction of sp³-hybridized carbons (Fsp3) is 0. The van der Waals surface area contributed by atoms with E-state index in [2.05, 4.69) is 5.32 Å². The molecular formula is C10H7ClNO3-. The molecule has 0 saturated carbocycles. The minimum Gasteiger partial charge on any atom is -0.545 e. The Balaban J connectivity index is 2.59. The van der Waals surface area contributed by atoms with Crippen LogP contribution in [0, 0.1) is 0 Å². The molecule has 1 aromatic rings. The van der Waals surface area contributed by atoms with Crippen LogP contribution in [0.3, 0.4) is 0 Å². The molecule has 78 valence electrons. The quantitative estimate of drug-likeness (QED) is 0.764. The van der Waals surface area contributed by atoms with Crippen LogP contribution >= 0.6 is 11.6 Å². The zero-order chi connectivity index (χ0) is 11.3. The SMILES string of the molecule is O=C([O-])/C=C/C(=O)Nc1ccc(Cl)cc1. The van der Waals surface area contributed by atoms with E-state index in [0.29, 0.717) is 16.8 Å². The topological polar surface area (TPSA) is 69.2 Å². The largest absolute Gasteiger partial charge is 0.545 e. The molecule has 1 aromatic carbocycles. The van der Waals surface area contributed by atoms with Gasteiger partial charge in [0.05, 0.1) is 5.97 Å². The molecule has 0 unspecified atom stereocenters. The number of rotatable bonds is 3. The normalized spacial score (nSPS) is 10.2. The third-order valence-electron chi connectivity index (χ3n) is 1.48. The average Bonchev–Trinajstić information content (AvgIpc) is 2.19. The fourth-order valence-corrected chi connectivity index (χ4v) is 0.987. The van der Waals surface area contributed by atoms with Crippen molar-refractivity contribution in [3.63, 3.8) is 0 Å². The van der Waals surface area contributed by atoms with Gasteiger partial charge in [0.25, 0.3) is 0 Å². The number of nitrogens with one attached hydrogen (secondary N) is 1. The van der Waals surface area contributed by atoms with Crippen molar-refractivity contribution < 1.29 is 14.7 Å². The highest BCUT2D eigenvalue weighted by atomic mass is 35.5. The first-order chi connectivity index (χ1) is 7.08. The van der Waals surface area contributed by atoms with Crippen molar-refractivity contribution in [2.24, 2.45) is 0 Å². The van der Waals surface area contributed by atoms with Crippen LogP contribution in [-0.2, 0) is 9.59 Å². The molecular weight excluding hydrogens is 218 g/mol. The Hall–Kier alpha value is -1.81. The van der Waals surface area contributed by atoms with Gasteiger partial charge in [0.1, 0.15) is 0 Å². The van der Waals surface area contributed by atoms with Gasteiger partial charge in [0, 0.05) is 16.8 Å². The molecule has 0 saturated heterocycles. The first-order valence-electron chi connectivity index (χ1n) is 4.03. The standard InChI is InChI=1S/C10H8ClNO3/c11-7-1-3-8(4-2-7)12-9(13)5-6-10(14)15/h1-6H,(H,12,13)(H,14,15)/p-1/b6-5+. The van der Waals surface area contributed by atoms with Gasteiger partial charge in [-0.1, -0.05) is 11.6 Å². The molecule has 15 heavy (non-hydrogen) atoms. The minimum atomic E-state index is -1.42. The lowest BCUT2D eigenvalue weighted by molar-refractivity contribution is -0.297. The van der Waals surface area contributed by atoms with Gasteiger partial charge in [0.2, 0.25) is 5.91 Å². The fourth-order valence-electron chi connectivity index (χ4n) is 0.861. The molecule has 1 N–H and O–H groups in total. The van der Waals surface area contributed by atoms with E-state index in [1.807, 2.05) is 0 Å². The van der Waals surface area contributed by atoms with Crippen molar-refractivity contribution in [2.75, 3.05) is 5.32 Å². The Morgan fingerprint density at radius 1 is 1.20 bits per heavy atom. The first kappa shape index (κ1) is 11.3. The van der Waals surface area contributed by atoms with Crippen LogP contribution in [0.15, 0.2) is 36.4 Å². The van der Waals surface area contributed by atoms with Crippen molar-refractivity contribution >= 4 is 29.2 Å². The molecule has 0 aliphatic rings. The number of carbonyl (C=O) groups is 2. The number of halogens is 1. The van der Waals surface area contributed by atoms with Gasteiger partial charge < -0.3 is 15.2 Å². The van der Waals surface area contributed by atoms with Gasteiger partial charge in [-0.05, 0) is 30.3 Å². The van der Waals surface area contributed by atoms with Crippen molar-refractivity contribution in [3.05, 3.63) is 41.4 Å². The van der Waals surface area contributed by atoms with Crippen molar-refractivity contribution in [2.45, 2.75) is 0 Å². The number of carboxylic acid groups (broad SMARTS) is 1. The van der Waals surface area contributed by atoms with Gasteiger partial charge >= 0.3 is 0 Å². The molecule has 4 nitrogen and oxygen atoms in total. The number of amides is 1. The van der Waals surface area contributed by atoms with Crippen LogP contribution < -0.4 is 10.4 Å². The molecule has 1 rings (SSSR count). The number of aliphatic carboxylic acids is 1. The number of anilines is 1. The number of carbonyl (C=O) groups excluding carboxylic acids is 2. The summed E-state index contributed by atoms with van der Waals surface area (Å²) >= 11 is 5.64. The second-order valence-corrected chi connectivity index (χ2v) is 3.08. The van der Waals surface area contributed by atoms with Crippen LogP contribution in [0.25, 0.3) is 0 Å². The maximum atomic E-state index is 11.1. The maximum Gasteiger partial charge on any atom is 0.248 e. The molecule has 0 radical (unpaired) electrons. The number of benzene rings is 1. The molecule has 0 bridgehead atoms. The summed E-state index contributed by atoms with van der Waals surface area (Å²) in [5, 5.41) is 13.0. The highest BCUT2D eigenvalue weighted by molar-refractivity contribution is 6.30. The van der Waals surface area contributed by atoms with E-state index < -0.39 is 11.9 Å². The molecule has 0 aromatic heterocycles. The third-order valence-corrected chi connectivity index (χ3v) is 1.73. The van der Waals surface area contributed by atoms with Gasteiger partial charge in [-0.25, -0.2) is 0 Å². The zero-order valence-electron chi connectivity index (χ0n) is 7.57. The van der Waals surface area contributed by atoms with E-state index in [4.69, 9.17) is 11.6 Å². The number of hydrogen-bond acceptors (Lipinski definition) is 3. The minimum absolute atomic E-state index is 0.535. The van der Waals surface area contributed by atoms with Gasteiger partial charge in [-0.15, -0.1) is 0 Å². The van der Waals surface area contributed by atoms with E-state index in [1.165, 1.54) is 0 Å². The van der Waals surface area contributed by atoms with E-state index in [1.54, 1.807) is 24.3 Å². The monoisotopic (exact) mass is 224 g/mol. The Bertz CT molecular complexity index is 398. The van der Waals surface area contributed by atoms with Crippen LogP contribution in [0.4, 0.5) is 5.69 Å². The second kappa shape index (κ2) is 5.17.